The van der Waals surface area contributed by atoms with Gasteiger partial charge in [0.05, 0.1) is 11.8 Å². The van der Waals surface area contributed by atoms with Gasteiger partial charge in [-0.1, -0.05) is 10.7 Å². The molecule has 0 saturated carbocycles. The zero-order valence-electron chi connectivity index (χ0n) is 10.4. The first kappa shape index (κ1) is 11.8. The summed E-state index contributed by atoms with van der Waals surface area (Å²) in [6.45, 7) is 1.27. The van der Waals surface area contributed by atoms with Crippen molar-refractivity contribution in [1.82, 2.24) is 10.6 Å². The summed E-state index contributed by atoms with van der Waals surface area (Å²) in [7, 11) is 1.67. The largest absolute Gasteiger partial charge is 0.539 e. The van der Waals surface area contributed by atoms with Crippen LogP contribution < -0.4 is 24.6 Å². The Morgan fingerprint density at radius 2 is 2.16 bits per heavy atom. The number of ether oxygens (including phenoxy) is 2. The Hall–Kier alpha value is -2.28. The maximum atomic E-state index is 11.3. The van der Waals surface area contributed by atoms with Crippen LogP contribution in [-0.4, -0.2) is 12.1 Å². The predicted octanol–water partition coefficient (Wildman–Crippen LogP) is -0.409. The summed E-state index contributed by atoms with van der Waals surface area (Å²) in [5.74, 6) is 1.09. The van der Waals surface area contributed by atoms with E-state index in [9.17, 15) is 5.11 Å². The van der Waals surface area contributed by atoms with Crippen molar-refractivity contribution in [3.8, 4) is 17.4 Å². The second-order valence-corrected chi connectivity index (χ2v) is 4.22. The number of fused-ring (bicyclic) bond motifs is 1. The fourth-order valence-corrected chi connectivity index (χ4v) is 1.90. The normalized spacial score (nSPS) is 12.9. The lowest BCUT2D eigenvalue weighted by Crippen LogP contribution is -2.36. The molecule has 0 amide bonds. The van der Waals surface area contributed by atoms with E-state index in [1.165, 1.54) is 4.68 Å². The molecule has 0 unspecified atom stereocenters. The van der Waals surface area contributed by atoms with Crippen LogP contribution in [-0.2, 0) is 20.1 Å². The van der Waals surface area contributed by atoms with Gasteiger partial charge in [-0.05, 0) is 17.7 Å². The second kappa shape index (κ2) is 4.77. The molecule has 0 atom stereocenters. The highest BCUT2D eigenvalue weighted by atomic mass is 16.7. The Kier molecular flexibility index (Phi) is 2.96. The molecule has 0 radical (unpaired) electrons. The average molecular weight is 263 g/mol. The molecule has 1 aliphatic heterocycles. The van der Waals surface area contributed by atoms with E-state index >= 15 is 0 Å². The van der Waals surface area contributed by atoms with Crippen LogP contribution in [0.5, 0.6) is 17.4 Å². The molecule has 2 heterocycles. The Balaban J connectivity index is 1.61. The first-order valence-electron chi connectivity index (χ1n) is 5.85. The van der Waals surface area contributed by atoms with Crippen LogP contribution in [0.3, 0.4) is 0 Å². The van der Waals surface area contributed by atoms with E-state index in [0.29, 0.717) is 18.8 Å². The minimum absolute atomic E-state index is 0.266. The number of benzene rings is 1. The SMILES string of the molecule is C[n+]1noc([O-])c1CNCc1ccc2c(c1)OCO2. The summed E-state index contributed by atoms with van der Waals surface area (Å²) in [6.07, 6.45) is 0. The van der Waals surface area contributed by atoms with Crippen molar-refractivity contribution in [3.05, 3.63) is 29.5 Å². The van der Waals surface area contributed by atoms with Gasteiger partial charge in [-0.2, -0.15) is 0 Å². The van der Waals surface area contributed by atoms with Crippen LogP contribution in [0, 0.1) is 0 Å². The van der Waals surface area contributed by atoms with Gasteiger partial charge in [-0.3, -0.25) is 0 Å². The molecule has 0 fully saturated rings. The average Bonchev–Trinajstić information content (AvgIpc) is 2.99. The topological polar surface area (TPSA) is 83.5 Å². The van der Waals surface area contributed by atoms with E-state index in [1.807, 2.05) is 18.2 Å². The van der Waals surface area contributed by atoms with Gasteiger partial charge < -0.3 is 24.4 Å². The van der Waals surface area contributed by atoms with Gasteiger partial charge in [0.25, 0.3) is 0 Å². The Morgan fingerprint density at radius 3 is 2.95 bits per heavy atom. The highest BCUT2D eigenvalue weighted by Gasteiger charge is 2.14. The summed E-state index contributed by atoms with van der Waals surface area (Å²) in [4.78, 5) is 0. The number of hydrogen-bond acceptors (Lipinski definition) is 6. The molecule has 1 aliphatic rings. The van der Waals surface area contributed by atoms with E-state index in [2.05, 4.69) is 15.1 Å². The fourth-order valence-electron chi connectivity index (χ4n) is 1.90. The lowest BCUT2D eigenvalue weighted by molar-refractivity contribution is -0.746. The molecule has 2 aromatic rings. The third-order valence-electron chi connectivity index (χ3n) is 2.93. The predicted molar refractivity (Wildman–Crippen MR) is 60.2 cm³/mol. The van der Waals surface area contributed by atoms with Crippen LogP contribution >= 0.6 is 0 Å². The molecule has 3 rings (SSSR count). The maximum Gasteiger partial charge on any atom is 0.246 e. The van der Waals surface area contributed by atoms with Crippen molar-refractivity contribution in [3.63, 3.8) is 0 Å². The summed E-state index contributed by atoms with van der Waals surface area (Å²) in [5.41, 5.74) is 1.54. The van der Waals surface area contributed by atoms with Crippen molar-refractivity contribution < 1.29 is 23.8 Å². The van der Waals surface area contributed by atoms with E-state index in [1.54, 1.807) is 7.05 Å². The van der Waals surface area contributed by atoms with Crippen molar-refractivity contribution in [1.29, 1.82) is 0 Å². The first-order chi connectivity index (χ1) is 9.24. The molecular weight excluding hydrogens is 250 g/mol. The smallest absolute Gasteiger partial charge is 0.246 e. The Labute approximate surface area is 109 Å². The third kappa shape index (κ3) is 2.32. The van der Waals surface area contributed by atoms with Crippen LogP contribution in [0.2, 0.25) is 0 Å². The van der Waals surface area contributed by atoms with E-state index < -0.39 is 5.95 Å². The molecule has 19 heavy (non-hydrogen) atoms. The molecule has 7 nitrogen and oxygen atoms in total. The fraction of sp³-hybridized carbons (Fsp3) is 0.333. The van der Waals surface area contributed by atoms with E-state index in [0.717, 1.165) is 17.1 Å². The highest BCUT2D eigenvalue weighted by Crippen LogP contribution is 2.32. The van der Waals surface area contributed by atoms with Crippen LogP contribution in [0.15, 0.2) is 22.7 Å². The minimum Gasteiger partial charge on any atom is -0.539 e. The van der Waals surface area contributed by atoms with Crippen molar-refractivity contribution in [2.24, 2.45) is 7.05 Å². The molecule has 0 bridgehead atoms. The van der Waals surface area contributed by atoms with E-state index in [-0.39, 0.29) is 6.79 Å². The van der Waals surface area contributed by atoms with E-state index in [4.69, 9.17) is 9.47 Å². The van der Waals surface area contributed by atoms with Crippen molar-refractivity contribution >= 4 is 0 Å². The molecular formula is C12H13N3O4. The quantitative estimate of drug-likeness (QED) is 0.755. The molecule has 1 aromatic heterocycles. The Morgan fingerprint density at radius 1 is 1.32 bits per heavy atom. The lowest BCUT2D eigenvalue weighted by Gasteiger charge is -2.04. The molecule has 0 aliphatic carbocycles. The van der Waals surface area contributed by atoms with Crippen LogP contribution in [0.25, 0.3) is 0 Å². The molecule has 100 valence electrons. The summed E-state index contributed by atoms with van der Waals surface area (Å²) >= 11 is 0. The second-order valence-electron chi connectivity index (χ2n) is 4.22. The molecule has 1 N–H and O–H groups in total. The number of rotatable bonds is 4. The molecule has 7 heteroatoms. The standard InChI is InChI=1S/C12H13N3O4/c1-15-9(12(16)19-14-15)6-13-5-8-2-3-10-11(4-8)18-7-17-10/h2-4,13H,5-7H2,1H3. The van der Waals surface area contributed by atoms with Gasteiger partial charge in [0.2, 0.25) is 12.5 Å². The Bertz CT molecular complexity index is 577. The van der Waals surface area contributed by atoms with Gasteiger partial charge in [-0.25, -0.2) is 0 Å². The minimum atomic E-state index is -0.416. The monoisotopic (exact) mass is 263 g/mol. The first-order valence-corrected chi connectivity index (χ1v) is 5.85. The third-order valence-corrected chi connectivity index (χ3v) is 2.93. The highest BCUT2D eigenvalue weighted by molar-refractivity contribution is 5.44. The summed E-state index contributed by atoms with van der Waals surface area (Å²) in [5, 5.41) is 18.0. The van der Waals surface area contributed by atoms with Gasteiger partial charge in [0.15, 0.2) is 24.5 Å². The summed E-state index contributed by atoms with van der Waals surface area (Å²) < 4.78 is 16.5. The van der Waals surface area contributed by atoms with Crippen molar-refractivity contribution in [2.75, 3.05) is 6.79 Å². The molecule has 0 spiro atoms. The maximum absolute atomic E-state index is 11.3. The molecule has 0 saturated heterocycles. The number of aromatic nitrogens is 2. The zero-order valence-corrected chi connectivity index (χ0v) is 10.4. The summed E-state index contributed by atoms with van der Waals surface area (Å²) in [6, 6.07) is 5.74. The lowest BCUT2D eigenvalue weighted by atomic mass is 10.2. The molecule has 1 aromatic carbocycles. The zero-order chi connectivity index (χ0) is 13.2. The van der Waals surface area contributed by atoms with Gasteiger partial charge >= 0.3 is 0 Å². The number of nitrogens with zero attached hydrogens (tertiary/aromatic N) is 2. The number of hydrogen-bond donors (Lipinski definition) is 1. The van der Waals surface area contributed by atoms with Gasteiger partial charge in [0.1, 0.15) is 0 Å². The van der Waals surface area contributed by atoms with Crippen molar-refractivity contribution in [2.45, 2.75) is 13.1 Å². The number of nitrogens with one attached hydrogen (secondary N) is 1. The van der Waals surface area contributed by atoms with Crippen LogP contribution in [0.4, 0.5) is 0 Å². The van der Waals surface area contributed by atoms with Crippen LogP contribution in [0.1, 0.15) is 11.3 Å². The van der Waals surface area contributed by atoms with Gasteiger partial charge in [0, 0.05) is 6.54 Å². The number of aryl methyl sites for hydroxylation is 1. The van der Waals surface area contributed by atoms with Gasteiger partial charge in [-0.15, -0.1) is 0 Å².